The number of hydrogen-bond donors (Lipinski definition) is 3. The third-order valence-corrected chi connectivity index (χ3v) is 6.92. The van der Waals surface area contributed by atoms with Gasteiger partial charge < -0.3 is 29.6 Å². The zero-order chi connectivity index (χ0) is 29.8. The van der Waals surface area contributed by atoms with E-state index in [9.17, 15) is 22.8 Å². The van der Waals surface area contributed by atoms with E-state index >= 15 is 0 Å². The van der Waals surface area contributed by atoms with Gasteiger partial charge in [-0.3, -0.25) is 9.59 Å². The Morgan fingerprint density at radius 3 is 2.15 bits per heavy atom. The van der Waals surface area contributed by atoms with Gasteiger partial charge in [0.25, 0.3) is 21.8 Å². The van der Waals surface area contributed by atoms with Gasteiger partial charge in [-0.15, -0.1) is 0 Å². The summed E-state index contributed by atoms with van der Waals surface area (Å²) >= 11 is 0. The number of hydrogen-bond acceptors (Lipinski definition) is 10. The molecule has 0 spiro atoms. The number of benzene rings is 2. The zero-order valence-electron chi connectivity index (χ0n) is 22.6. The Balaban J connectivity index is 1.53. The molecule has 3 amide bonds. The van der Waals surface area contributed by atoms with Crippen molar-refractivity contribution in [1.82, 2.24) is 20.3 Å². The molecule has 0 aliphatic carbocycles. The Hall–Kier alpha value is -4.69. The van der Waals surface area contributed by atoms with Gasteiger partial charge in [-0.2, -0.15) is 0 Å². The van der Waals surface area contributed by atoms with E-state index in [1.807, 2.05) is 16.9 Å². The van der Waals surface area contributed by atoms with Crippen LogP contribution in [0.2, 0.25) is 0 Å². The van der Waals surface area contributed by atoms with Gasteiger partial charge in [0.15, 0.2) is 11.5 Å². The molecule has 1 aromatic heterocycles. The number of methoxy groups -OCH3 is 3. The fourth-order valence-electron chi connectivity index (χ4n) is 3.45. The van der Waals surface area contributed by atoms with Crippen molar-refractivity contribution < 1.29 is 41.7 Å². The van der Waals surface area contributed by atoms with Crippen LogP contribution in [0.25, 0.3) is 0 Å². The third kappa shape index (κ3) is 8.91. The maximum Gasteiger partial charge on any atom is 0.414 e. The monoisotopic (exact) mass is 586 g/mol. The number of nitrogens with one attached hydrogen (secondary N) is 3. The maximum absolute atomic E-state index is 12.7. The Kier molecular flexibility index (Phi) is 11.0. The topological polar surface area (TPSA) is 171 Å². The number of sulfonamides is 1. The molecule has 41 heavy (non-hydrogen) atoms. The van der Waals surface area contributed by atoms with Crippen molar-refractivity contribution in [3.05, 3.63) is 77.5 Å². The molecule has 3 rings (SSSR count). The minimum atomic E-state index is -4.25. The molecule has 0 radical (unpaired) electrons. The molecule has 3 N–H and O–H groups in total. The average molecular weight is 587 g/mol. The molecule has 0 saturated carbocycles. The standard InChI is InChI=1S/C27H30N4O9S/c1-37-15-14-29-27(34)40-24-11-7-20(17-30-24)26(33)31-41(35,36)21-8-5-19(6-9-21)25(32)28-13-12-18-4-10-22(38-2)23(16-18)39-3/h4-11,16-17H,12-15H2,1-3H3,(H,28,32)(H,29,34)(H,31,33). The van der Waals surface area contributed by atoms with Gasteiger partial charge in [0.05, 0.1) is 31.3 Å². The van der Waals surface area contributed by atoms with Crippen LogP contribution >= 0.6 is 0 Å². The molecule has 0 bridgehead atoms. The fourth-order valence-corrected chi connectivity index (χ4v) is 4.42. The molecule has 3 aromatic rings. The first-order chi connectivity index (χ1) is 19.7. The van der Waals surface area contributed by atoms with Gasteiger partial charge in [-0.05, 0) is 54.4 Å². The highest BCUT2D eigenvalue weighted by molar-refractivity contribution is 7.90. The summed E-state index contributed by atoms with van der Waals surface area (Å²) in [5, 5.41) is 5.21. The number of ether oxygens (including phenoxy) is 4. The lowest BCUT2D eigenvalue weighted by molar-refractivity contribution is 0.0951. The van der Waals surface area contributed by atoms with Crippen molar-refractivity contribution in [1.29, 1.82) is 0 Å². The van der Waals surface area contributed by atoms with Crippen LogP contribution in [-0.4, -0.2) is 72.3 Å². The predicted octanol–water partition coefficient (Wildman–Crippen LogP) is 1.92. The van der Waals surface area contributed by atoms with Crippen molar-refractivity contribution >= 4 is 27.9 Å². The highest BCUT2D eigenvalue weighted by Crippen LogP contribution is 2.27. The Morgan fingerprint density at radius 1 is 0.805 bits per heavy atom. The van der Waals surface area contributed by atoms with Crippen LogP contribution in [0.3, 0.4) is 0 Å². The molecule has 0 aliphatic heterocycles. The SMILES string of the molecule is COCCNC(=O)Oc1ccc(C(=O)NS(=O)(=O)c2ccc(C(=O)NCCc3ccc(OC)c(OC)c3)cc2)cn1. The van der Waals surface area contributed by atoms with Crippen LogP contribution in [0.1, 0.15) is 26.3 Å². The highest BCUT2D eigenvalue weighted by Gasteiger charge is 2.20. The number of carbonyl (C=O) groups excluding carboxylic acids is 3. The van der Waals surface area contributed by atoms with Crippen LogP contribution in [0.4, 0.5) is 4.79 Å². The minimum Gasteiger partial charge on any atom is -0.493 e. The Morgan fingerprint density at radius 2 is 1.51 bits per heavy atom. The molecular formula is C27H30N4O9S. The summed E-state index contributed by atoms with van der Waals surface area (Å²) in [6.45, 7) is 0.869. The molecule has 14 heteroatoms. The quantitative estimate of drug-likeness (QED) is 0.251. The van der Waals surface area contributed by atoms with Crippen molar-refractivity contribution in [3.63, 3.8) is 0 Å². The van der Waals surface area contributed by atoms with Crippen LogP contribution in [0, 0.1) is 0 Å². The lowest BCUT2D eigenvalue weighted by Crippen LogP contribution is -2.31. The van der Waals surface area contributed by atoms with Crippen LogP contribution in [0.5, 0.6) is 17.4 Å². The average Bonchev–Trinajstić information content (AvgIpc) is 2.97. The lowest BCUT2D eigenvalue weighted by atomic mass is 10.1. The second-order valence-electron chi connectivity index (χ2n) is 8.35. The van der Waals surface area contributed by atoms with E-state index in [4.69, 9.17) is 18.9 Å². The van der Waals surface area contributed by atoms with Gasteiger partial charge in [0.2, 0.25) is 5.88 Å². The van der Waals surface area contributed by atoms with E-state index in [2.05, 4.69) is 15.6 Å². The molecule has 0 aliphatic rings. The van der Waals surface area contributed by atoms with Crippen molar-refractivity contribution in [2.24, 2.45) is 0 Å². The smallest absolute Gasteiger partial charge is 0.414 e. The molecule has 0 saturated heterocycles. The summed E-state index contributed by atoms with van der Waals surface area (Å²) in [7, 11) is 0.325. The van der Waals surface area contributed by atoms with Gasteiger partial charge in [0, 0.05) is 38.0 Å². The second-order valence-corrected chi connectivity index (χ2v) is 10.0. The summed E-state index contributed by atoms with van der Waals surface area (Å²) in [4.78, 5) is 40.3. The summed E-state index contributed by atoms with van der Waals surface area (Å²) < 4.78 is 47.6. The zero-order valence-corrected chi connectivity index (χ0v) is 23.4. The van der Waals surface area contributed by atoms with Gasteiger partial charge in [0.1, 0.15) is 0 Å². The number of aromatic nitrogens is 1. The Bertz CT molecular complexity index is 1460. The largest absolute Gasteiger partial charge is 0.493 e. The van der Waals surface area contributed by atoms with E-state index < -0.39 is 22.0 Å². The summed E-state index contributed by atoms with van der Waals surface area (Å²) in [5.41, 5.74) is 1.10. The number of pyridine rings is 1. The molecule has 0 atom stereocenters. The number of nitrogens with zero attached hydrogens (tertiary/aromatic N) is 1. The fraction of sp³-hybridized carbons (Fsp3) is 0.259. The summed E-state index contributed by atoms with van der Waals surface area (Å²) in [6, 6.07) is 13.1. The molecule has 13 nitrogen and oxygen atoms in total. The number of rotatable bonds is 13. The molecule has 0 fully saturated rings. The predicted molar refractivity (Wildman–Crippen MR) is 147 cm³/mol. The summed E-state index contributed by atoms with van der Waals surface area (Å²) in [5.74, 6) is -0.228. The molecule has 0 unspecified atom stereocenters. The first-order valence-corrected chi connectivity index (χ1v) is 13.7. The van der Waals surface area contributed by atoms with Gasteiger partial charge >= 0.3 is 6.09 Å². The van der Waals surface area contributed by atoms with E-state index in [1.165, 1.54) is 43.5 Å². The summed E-state index contributed by atoms with van der Waals surface area (Å²) in [6.07, 6.45) is 0.844. The van der Waals surface area contributed by atoms with E-state index in [-0.39, 0.29) is 34.4 Å². The highest BCUT2D eigenvalue weighted by atomic mass is 32.2. The first kappa shape index (κ1) is 30.8. The van der Waals surface area contributed by atoms with Crippen LogP contribution in [0.15, 0.2) is 65.7 Å². The normalized spacial score (nSPS) is 10.8. The number of amides is 3. The van der Waals surface area contributed by atoms with E-state index in [1.54, 1.807) is 20.3 Å². The molecule has 1 heterocycles. The lowest BCUT2D eigenvalue weighted by Gasteiger charge is -2.10. The third-order valence-electron chi connectivity index (χ3n) is 5.57. The van der Waals surface area contributed by atoms with Crippen molar-refractivity contribution in [3.8, 4) is 17.4 Å². The molecule has 2 aromatic carbocycles. The minimum absolute atomic E-state index is 0.0776. The molecule has 218 valence electrons. The van der Waals surface area contributed by atoms with Crippen molar-refractivity contribution in [2.75, 3.05) is 41.0 Å². The van der Waals surface area contributed by atoms with E-state index in [0.29, 0.717) is 31.1 Å². The maximum atomic E-state index is 12.7. The first-order valence-electron chi connectivity index (χ1n) is 12.2. The van der Waals surface area contributed by atoms with Crippen LogP contribution < -0.4 is 29.6 Å². The van der Waals surface area contributed by atoms with Crippen molar-refractivity contribution in [2.45, 2.75) is 11.3 Å². The van der Waals surface area contributed by atoms with Gasteiger partial charge in [-0.25, -0.2) is 22.9 Å². The van der Waals surface area contributed by atoms with E-state index in [0.717, 1.165) is 11.8 Å². The second kappa shape index (κ2) is 14.6. The number of carbonyl (C=O) groups is 3. The van der Waals surface area contributed by atoms with Gasteiger partial charge in [-0.1, -0.05) is 6.07 Å². The molecular weight excluding hydrogens is 556 g/mol. The Labute approximate surface area is 237 Å². The van der Waals surface area contributed by atoms with Crippen LogP contribution in [-0.2, 0) is 21.2 Å².